The Bertz CT molecular complexity index is 902. The molecule has 2 aliphatic rings. The molecule has 4 heterocycles. The molecular weight excluding hydrogens is 393 g/mol. The van der Waals surface area contributed by atoms with Crippen LogP contribution < -0.4 is 10.5 Å². The Balaban J connectivity index is 1.50. The van der Waals surface area contributed by atoms with Gasteiger partial charge in [-0.2, -0.15) is 13.2 Å². The van der Waals surface area contributed by atoms with E-state index in [1.807, 2.05) is 4.90 Å². The van der Waals surface area contributed by atoms with E-state index < -0.39 is 17.4 Å². The minimum Gasteiger partial charge on any atom is -0.381 e. The minimum absolute atomic E-state index is 0.0972. The number of rotatable bonds is 3. The van der Waals surface area contributed by atoms with Crippen LogP contribution in [0, 0.1) is 5.41 Å². The number of H-pyrrole nitrogens is 1. The van der Waals surface area contributed by atoms with Gasteiger partial charge in [0.1, 0.15) is 0 Å². The lowest BCUT2D eigenvalue weighted by Crippen LogP contribution is -2.41. The summed E-state index contributed by atoms with van der Waals surface area (Å²) in [6.07, 6.45) is 0.826. The van der Waals surface area contributed by atoms with Crippen LogP contribution in [0.5, 0.6) is 0 Å². The van der Waals surface area contributed by atoms with Crippen molar-refractivity contribution in [1.82, 2.24) is 15.0 Å². The molecule has 2 aromatic rings. The van der Waals surface area contributed by atoms with Crippen LogP contribution in [-0.4, -0.2) is 41.3 Å². The van der Waals surface area contributed by atoms with Gasteiger partial charge in [-0.1, -0.05) is 11.8 Å². The predicted octanol–water partition coefficient (Wildman–Crippen LogP) is 3.34. The van der Waals surface area contributed by atoms with Crippen LogP contribution >= 0.6 is 11.8 Å². The van der Waals surface area contributed by atoms with Crippen LogP contribution in [0.4, 0.5) is 19.1 Å². The van der Waals surface area contributed by atoms with Gasteiger partial charge in [-0.25, -0.2) is 4.98 Å². The number of hydrogen-bond acceptors (Lipinski definition) is 6. The molecule has 28 heavy (non-hydrogen) atoms. The molecule has 0 radical (unpaired) electrons. The number of pyridine rings is 1. The van der Waals surface area contributed by atoms with Crippen LogP contribution in [0.3, 0.4) is 0 Å². The Labute approximate surface area is 163 Å². The molecule has 2 aromatic heterocycles. The van der Waals surface area contributed by atoms with Gasteiger partial charge in [0.15, 0.2) is 5.69 Å². The van der Waals surface area contributed by atoms with E-state index in [4.69, 9.17) is 4.74 Å². The number of alkyl halides is 3. The monoisotopic (exact) mass is 412 g/mol. The van der Waals surface area contributed by atoms with Crippen molar-refractivity contribution in [2.75, 3.05) is 31.2 Å². The number of piperidine rings is 1. The van der Waals surface area contributed by atoms with Crippen molar-refractivity contribution in [3.63, 3.8) is 0 Å². The lowest BCUT2D eigenvalue weighted by Gasteiger charge is -2.38. The number of nitrogens with zero attached hydrogens (tertiary/aromatic N) is 3. The molecule has 2 saturated heterocycles. The zero-order valence-electron chi connectivity index (χ0n) is 15.0. The molecule has 1 spiro atoms. The van der Waals surface area contributed by atoms with Crippen molar-refractivity contribution in [3.8, 4) is 0 Å². The first-order valence-corrected chi connectivity index (χ1v) is 9.80. The van der Waals surface area contributed by atoms with Crippen molar-refractivity contribution in [1.29, 1.82) is 0 Å². The minimum atomic E-state index is -4.59. The first-order valence-electron chi connectivity index (χ1n) is 8.98. The van der Waals surface area contributed by atoms with Gasteiger partial charge in [0.2, 0.25) is 5.95 Å². The van der Waals surface area contributed by atoms with E-state index in [-0.39, 0.29) is 15.2 Å². The van der Waals surface area contributed by atoms with Crippen molar-refractivity contribution < 1.29 is 17.9 Å². The smallest absolute Gasteiger partial charge is 0.381 e. The second kappa shape index (κ2) is 7.40. The fourth-order valence-corrected chi connectivity index (χ4v) is 4.55. The lowest BCUT2D eigenvalue weighted by atomic mass is 9.78. The Hall–Kier alpha value is -2.07. The molecular formula is C18H19F3N4O2S. The van der Waals surface area contributed by atoms with Crippen LogP contribution in [-0.2, 0) is 10.9 Å². The highest BCUT2D eigenvalue weighted by Gasteiger charge is 2.38. The molecule has 150 valence electrons. The normalized spacial score (nSPS) is 19.3. The van der Waals surface area contributed by atoms with E-state index in [9.17, 15) is 18.0 Å². The number of aromatic nitrogens is 3. The molecule has 0 atom stereocenters. The third-order valence-electron chi connectivity index (χ3n) is 5.32. The lowest BCUT2D eigenvalue weighted by molar-refractivity contribution is -0.143. The maximum atomic E-state index is 13.1. The molecule has 0 saturated carbocycles. The molecule has 2 fully saturated rings. The maximum absolute atomic E-state index is 13.1. The number of aromatic amines is 1. The first kappa shape index (κ1) is 19.3. The van der Waals surface area contributed by atoms with Crippen LogP contribution in [0.15, 0.2) is 39.1 Å². The molecule has 2 aliphatic heterocycles. The van der Waals surface area contributed by atoms with Gasteiger partial charge in [-0.15, -0.1) is 0 Å². The third kappa shape index (κ3) is 3.88. The highest BCUT2D eigenvalue weighted by atomic mass is 32.2. The van der Waals surface area contributed by atoms with E-state index in [1.54, 1.807) is 0 Å². The van der Waals surface area contributed by atoms with Gasteiger partial charge in [0.05, 0.1) is 17.7 Å². The van der Waals surface area contributed by atoms with Crippen molar-refractivity contribution in [2.24, 2.45) is 5.41 Å². The molecule has 1 N–H and O–H groups in total. The maximum Gasteiger partial charge on any atom is 0.434 e. The quantitative estimate of drug-likeness (QED) is 0.834. The van der Waals surface area contributed by atoms with Crippen molar-refractivity contribution >= 4 is 17.7 Å². The second-order valence-corrected chi connectivity index (χ2v) is 8.22. The van der Waals surface area contributed by atoms with Crippen LogP contribution in [0.25, 0.3) is 0 Å². The van der Waals surface area contributed by atoms with Crippen LogP contribution in [0.1, 0.15) is 25.0 Å². The molecule has 4 rings (SSSR count). The number of ether oxygens (including phenoxy) is 1. The van der Waals surface area contributed by atoms with Crippen molar-refractivity contribution in [2.45, 2.75) is 35.2 Å². The van der Waals surface area contributed by atoms with Gasteiger partial charge in [-0.3, -0.25) is 14.8 Å². The van der Waals surface area contributed by atoms with E-state index in [0.29, 0.717) is 17.7 Å². The number of halogens is 3. The molecule has 6 nitrogen and oxygen atoms in total. The summed E-state index contributed by atoms with van der Waals surface area (Å²) >= 11 is 0.715. The van der Waals surface area contributed by atoms with Gasteiger partial charge in [0, 0.05) is 30.8 Å². The Morgan fingerprint density at radius 3 is 2.61 bits per heavy atom. The topological polar surface area (TPSA) is 71.1 Å². The summed E-state index contributed by atoms with van der Waals surface area (Å²) in [4.78, 5) is 24.8. The summed E-state index contributed by atoms with van der Waals surface area (Å²) in [5.41, 5.74) is -1.24. The van der Waals surface area contributed by atoms with Gasteiger partial charge >= 0.3 is 6.18 Å². The highest BCUT2D eigenvalue weighted by molar-refractivity contribution is 7.99. The zero-order chi connectivity index (χ0) is 19.8. The summed E-state index contributed by atoms with van der Waals surface area (Å²) in [6.45, 7) is 3.11. The SMILES string of the molecule is O=c1[nH]c(N2CCC3(CCOC3)CC2)ncc1Sc1cccnc1C(F)(F)F. The Morgan fingerprint density at radius 2 is 1.96 bits per heavy atom. The van der Waals surface area contributed by atoms with Gasteiger partial charge in [-0.05, 0) is 36.8 Å². The number of anilines is 1. The Kier molecular flexibility index (Phi) is 5.09. The van der Waals surface area contributed by atoms with E-state index in [2.05, 4.69) is 15.0 Å². The predicted molar refractivity (Wildman–Crippen MR) is 97.5 cm³/mol. The summed E-state index contributed by atoms with van der Waals surface area (Å²) in [7, 11) is 0. The summed E-state index contributed by atoms with van der Waals surface area (Å²) in [5, 5.41) is 0. The third-order valence-corrected chi connectivity index (χ3v) is 6.38. The molecule has 0 amide bonds. The number of hydrogen-bond donors (Lipinski definition) is 1. The molecule has 0 aromatic carbocycles. The largest absolute Gasteiger partial charge is 0.434 e. The highest BCUT2D eigenvalue weighted by Crippen LogP contribution is 2.40. The molecule has 0 aliphatic carbocycles. The second-order valence-electron chi connectivity index (χ2n) is 7.14. The average Bonchev–Trinajstić information content (AvgIpc) is 3.12. The van der Waals surface area contributed by atoms with E-state index >= 15 is 0 Å². The standard InChI is InChI=1S/C18H19F3N4O2S/c19-18(20,21)14-12(2-1-6-22-14)28-13-10-23-16(24-15(13)26)25-7-3-17(4-8-25)5-9-27-11-17/h1-2,6,10H,3-5,7-9,11H2,(H,23,24,26). The van der Waals surface area contributed by atoms with Crippen molar-refractivity contribution in [3.05, 3.63) is 40.6 Å². The van der Waals surface area contributed by atoms with Gasteiger partial charge in [0.25, 0.3) is 5.56 Å². The van der Waals surface area contributed by atoms with Gasteiger partial charge < -0.3 is 9.64 Å². The molecule has 0 unspecified atom stereocenters. The zero-order valence-corrected chi connectivity index (χ0v) is 15.8. The average molecular weight is 412 g/mol. The fourth-order valence-electron chi connectivity index (χ4n) is 3.65. The molecule has 10 heteroatoms. The fraction of sp³-hybridized carbons (Fsp3) is 0.500. The summed E-state index contributed by atoms with van der Waals surface area (Å²) < 4.78 is 44.8. The van der Waals surface area contributed by atoms with Crippen LogP contribution in [0.2, 0.25) is 0 Å². The Morgan fingerprint density at radius 1 is 1.18 bits per heavy atom. The first-order chi connectivity index (χ1) is 13.4. The summed E-state index contributed by atoms with van der Waals surface area (Å²) in [6, 6.07) is 2.70. The summed E-state index contributed by atoms with van der Waals surface area (Å²) in [5.74, 6) is 0.449. The number of nitrogens with one attached hydrogen (secondary N) is 1. The van der Waals surface area contributed by atoms with E-state index in [0.717, 1.165) is 51.8 Å². The van der Waals surface area contributed by atoms with E-state index in [1.165, 1.54) is 18.3 Å². The molecule has 0 bridgehead atoms.